The van der Waals surface area contributed by atoms with Crippen LogP contribution >= 0.6 is 11.3 Å². The fourth-order valence-corrected chi connectivity index (χ4v) is 3.95. The van der Waals surface area contributed by atoms with Crippen LogP contribution in [0.25, 0.3) is 0 Å². The molecule has 0 spiro atoms. The van der Waals surface area contributed by atoms with Gasteiger partial charge in [0.1, 0.15) is 0 Å². The molecule has 1 saturated heterocycles. The largest absolute Gasteiger partial charge is 0.312 e. The third kappa shape index (κ3) is 4.57. The topological polar surface area (TPSA) is 15.3 Å². The van der Waals surface area contributed by atoms with Gasteiger partial charge in [-0.3, -0.25) is 4.90 Å². The number of piperidine rings is 1. The quantitative estimate of drug-likeness (QED) is 0.847. The fourth-order valence-electron chi connectivity index (χ4n) is 2.93. The maximum atomic E-state index is 3.55. The zero-order chi connectivity index (χ0) is 14.5. The highest BCUT2D eigenvalue weighted by atomic mass is 32.1. The Hall–Kier alpha value is -0.380. The molecule has 3 heteroatoms. The van der Waals surface area contributed by atoms with Crippen molar-refractivity contribution >= 4 is 11.3 Å². The molecule has 2 rings (SSSR count). The number of nitrogens with zero attached hydrogens (tertiary/aromatic N) is 1. The second-order valence-electron chi connectivity index (χ2n) is 6.63. The Balaban J connectivity index is 1.89. The molecule has 1 unspecified atom stereocenters. The van der Waals surface area contributed by atoms with Crippen LogP contribution in [0.5, 0.6) is 0 Å². The molecule has 114 valence electrons. The second-order valence-corrected chi connectivity index (χ2v) is 7.98. The first-order valence-corrected chi connectivity index (χ1v) is 8.91. The van der Waals surface area contributed by atoms with E-state index in [4.69, 9.17) is 0 Å². The van der Waals surface area contributed by atoms with Crippen LogP contribution < -0.4 is 5.32 Å². The standard InChI is InChI=1S/C17H30N2S/c1-13(2)10-18-11-17-9-16(15(4)20-17)12-19-8-6-5-7-14(19)3/h9,13-14,18H,5-8,10-12H2,1-4H3. The maximum absolute atomic E-state index is 3.55. The summed E-state index contributed by atoms with van der Waals surface area (Å²) in [7, 11) is 0. The van der Waals surface area contributed by atoms with E-state index in [-0.39, 0.29) is 0 Å². The smallest absolute Gasteiger partial charge is 0.0300 e. The zero-order valence-corrected chi connectivity index (χ0v) is 14.4. The van der Waals surface area contributed by atoms with Gasteiger partial charge in [-0.15, -0.1) is 11.3 Å². The van der Waals surface area contributed by atoms with E-state index in [1.54, 1.807) is 5.56 Å². The number of aryl methyl sites for hydroxylation is 1. The third-order valence-corrected chi connectivity index (χ3v) is 5.33. The number of hydrogen-bond donors (Lipinski definition) is 1. The van der Waals surface area contributed by atoms with Crippen molar-refractivity contribution in [3.05, 3.63) is 21.4 Å². The Morgan fingerprint density at radius 3 is 2.90 bits per heavy atom. The number of hydrogen-bond acceptors (Lipinski definition) is 3. The summed E-state index contributed by atoms with van der Waals surface area (Å²) in [5.41, 5.74) is 1.55. The summed E-state index contributed by atoms with van der Waals surface area (Å²) < 4.78 is 0. The minimum Gasteiger partial charge on any atom is -0.312 e. The van der Waals surface area contributed by atoms with Gasteiger partial charge < -0.3 is 5.32 Å². The van der Waals surface area contributed by atoms with E-state index < -0.39 is 0 Å². The van der Waals surface area contributed by atoms with Gasteiger partial charge in [-0.25, -0.2) is 0 Å². The van der Waals surface area contributed by atoms with Gasteiger partial charge >= 0.3 is 0 Å². The average molecular weight is 295 g/mol. The molecule has 2 nitrogen and oxygen atoms in total. The molecule has 0 aliphatic carbocycles. The van der Waals surface area contributed by atoms with Crippen molar-refractivity contribution in [1.29, 1.82) is 0 Å². The predicted octanol–water partition coefficient (Wildman–Crippen LogP) is 4.18. The van der Waals surface area contributed by atoms with E-state index in [2.05, 4.69) is 44.0 Å². The Morgan fingerprint density at radius 1 is 1.40 bits per heavy atom. The molecule has 1 atom stereocenters. The lowest BCUT2D eigenvalue weighted by molar-refractivity contribution is 0.152. The molecule has 1 N–H and O–H groups in total. The van der Waals surface area contributed by atoms with Gasteiger partial charge in [0.25, 0.3) is 0 Å². The number of likely N-dealkylation sites (tertiary alicyclic amines) is 1. The van der Waals surface area contributed by atoms with Crippen molar-refractivity contribution in [3.8, 4) is 0 Å². The molecule has 2 heterocycles. The minimum atomic E-state index is 0.727. The minimum absolute atomic E-state index is 0.727. The van der Waals surface area contributed by atoms with Crippen LogP contribution in [0.2, 0.25) is 0 Å². The monoisotopic (exact) mass is 294 g/mol. The normalized spacial score (nSPS) is 20.8. The summed E-state index contributed by atoms with van der Waals surface area (Å²) in [6.45, 7) is 13.7. The van der Waals surface area contributed by atoms with Gasteiger partial charge in [0.05, 0.1) is 0 Å². The Kier molecular flexibility index (Phi) is 6.06. The van der Waals surface area contributed by atoms with Crippen molar-refractivity contribution in [2.24, 2.45) is 5.92 Å². The second kappa shape index (κ2) is 7.58. The van der Waals surface area contributed by atoms with Gasteiger partial charge in [0.15, 0.2) is 0 Å². The average Bonchev–Trinajstić information content (AvgIpc) is 2.72. The van der Waals surface area contributed by atoms with Crippen molar-refractivity contribution in [1.82, 2.24) is 10.2 Å². The lowest BCUT2D eigenvalue weighted by Crippen LogP contribution is -2.36. The predicted molar refractivity (Wildman–Crippen MR) is 89.3 cm³/mol. The highest BCUT2D eigenvalue weighted by Gasteiger charge is 2.19. The van der Waals surface area contributed by atoms with Gasteiger partial charge in [-0.1, -0.05) is 20.3 Å². The summed E-state index contributed by atoms with van der Waals surface area (Å²) in [4.78, 5) is 5.65. The Labute approximate surface area is 128 Å². The van der Waals surface area contributed by atoms with Gasteiger partial charge in [0, 0.05) is 28.9 Å². The van der Waals surface area contributed by atoms with Crippen LogP contribution in [0.15, 0.2) is 6.07 Å². The summed E-state index contributed by atoms with van der Waals surface area (Å²) in [6, 6.07) is 3.18. The fraction of sp³-hybridized carbons (Fsp3) is 0.765. The summed E-state index contributed by atoms with van der Waals surface area (Å²) >= 11 is 1.97. The molecule has 1 aliphatic rings. The van der Waals surface area contributed by atoms with E-state index in [0.717, 1.165) is 31.6 Å². The molecule has 0 bridgehead atoms. The first kappa shape index (κ1) is 16.0. The molecule has 1 fully saturated rings. The molecule has 1 aromatic rings. The highest BCUT2D eigenvalue weighted by molar-refractivity contribution is 7.12. The molecule has 1 aliphatic heterocycles. The number of thiophene rings is 1. The van der Waals surface area contributed by atoms with E-state index in [0.29, 0.717) is 0 Å². The van der Waals surface area contributed by atoms with Crippen molar-refractivity contribution in [2.75, 3.05) is 13.1 Å². The highest BCUT2D eigenvalue weighted by Crippen LogP contribution is 2.26. The molecule has 0 aromatic carbocycles. The molecule has 0 saturated carbocycles. The molecule has 20 heavy (non-hydrogen) atoms. The Morgan fingerprint density at radius 2 is 2.20 bits per heavy atom. The van der Waals surface area contributed by atoms with Gasteiger partial charge in [-0.05, 0) is 57.3 Å². The lowest BCUT2D eigenvalue weighted by atomic mass is 10.0. The van der Waals surface area contributed by atoms with Crippen LogP contribution in [0.4, 0.5) is 0 Å². The molecular weight excluding hydrogens is 264 g/mol. The SMILES string of the molecule is Cc1sc(CNCC(C)C)cc1CN1CCCCC1C. The molecule has 0 radical (unpaired) electrons. The van der Waals surface area contributed by atoms with Crippen LogP contribution in [0, 0.1) is 12.8 Å². The maximum Gasteiger partial charge on any atom is 0.0300 e. The van der Waals surface area contributed by atoms with E-state index >= 15 is 0 Å². The third-order valence-electron chi connectivity index (χ3n) is 4.24. The number of rotatable bonds is 6. The van der Waals surface area contributed by atoms with Crippen LogP contribution in [-0.4, -0.2) is 24.0 Å². The lowest BCUT2D eigenvalue weighted by Gasteiger charge is -2.33. The number of nitrogens with one attached hydrogen (secondary N) is 1. The first-order valence-electron chi connectivity index (χ1n) is 8.09. The van der Waals surface area contributed by atoms with E-state index in [1.807, 2.05) is 11.3 Å². The molecule has 0 amide bonds. The molecule has 1 aromatic heterocycles. The van der Waals surface area contributed by atoms with Crippen LogP contribution in [-0.2, 0) is 13.1 Å². The first-order chi connectivity index (χ1) is 9.56. The van der Waals surface area contributed by atoms with Gasteiger partial charge in [-0.2, -0.15) is 0 Å². The van der Waals surface area contributed by atoms with Crippen LogP contribution in [0.3, 0.4) is 0 Å². The van der Waals surface area contributed by atoms with E-state index in [1.165, 1.54) is 35.6 Å². The van der Waals surface area contributed by atoms with Crippen molar-refractivity contribution < 1.29 is 0 Å². The van der Waals surface area contributed by atoms with Crippen LogP contribution in [0.1, 0.15) is 55.4 Å². The van der Waals surface area contributed by atoms with E-state index in [9.17, 15) is 0 Å². The summed E-state index contributed by atoms with van der Waals surface area (Å²) in [5.74, 6) is 0.727. The van der Waals surface area contributed by atoms with Crippen molar-refractivity contribution in [3.63, 3.8) is 0 Å². The molecular formula is C17H30N2S. The summed E-state index contributed by atoms with van der Waals surface area (Å²) in [6.07, 6.45) is 4.15. The van der Waals surface area contributed by atoms with Crippen molar-refractivity contribution in [2.45, 2.75) is 66.1 Å². The Bertz CT molecular complexity index is 411. The zero-order valence-electron chi connectivity index (χ0n) is 13.5. The summed E-state index contributed by atoms with van der Waals surface area (Å²) in [5, 5.41) is 3.55. The van der Waals surface area contributed by atoms with Gasteiger partial charge in [0.2, 0.25) is 0 Å².